The molecular weight excluding hydrogens is 438 g/mol. The van der Waals surface area contributed by atoms with E-state index < -0.39 is 0 Å². The second-order valence-corrected chi connectivity index (χ2v) is 6.95. The summed E-state index contributed by atoms with van der Waals surface area (Å²) in [7, 11) is 0. The lowest BCUT2D eigenvalue weighted by Gasteiger charge is -2.11. The first-order chi connectivity index (χ1) is 11.4. The Balaban J connectivity index is 1.96. The van der Waals surface area contributed by atoms with Crippen LogP contribution in [0.5, 0.6) is 5.75 Å². The number of hydrazone groups is 1. The average molecular weight is 455 g/mol. The van der Waals surface area contributed by atoms with Gasteiger partial charge in [0.05, 0.1) is 10.2 Å². The SMILES string of the molecule is C/C(=N/NC(=O)COc1c(C)cc(Br)cc1Br)c1cccc(N)c1. The van der Waals surface area contributed by atoms with Gasteiger partial charge in [-0.1, -0.05) is 28.1 Å². The first-order valence-electron chi connectivity index (χ1n) is 7.14. The van der Waals surface area contributed by atoms with Crippen molar-refractivity contribution in [3.63, 3.8) is 0 Å². The smallest absolute Gasteiger partial charge is 0.277 e. The van der Waals surface area contributed by atoms with Crippen LogP contribution in [0.25, 0.3) is 0 Å². The number of hydrogen-bond acceptors (Lipinski definition) is 4. The molecule has 5 nitrogen and oxygen atoms in total. The van der Waals surface area contributed by atoms with E-state index in [1.165, 1.54) is 0 Å². The van der Waals surface area contributed by atoms with Gasteiger partial charge in [-0.25, -0.2) is 5.43 Å². The van der Waals surface area contributed by atoms with E-state index in [1.54, 1.807) is 19.1 Å². The molecule has 7 heteroatoms. The molecule has 1 amide bonds. The van der Waals surface area contributed by atoms with E-state index in [4.69, 9.17) is 10.5 Å². The number of amides is 1. The Morgan fingerprint density at radius 3 is 2.71 bits per heavy atom. The van der Waals surface area contributed by atoms with E-state index in [1.807, 2.05) is 31.2 Å². The monoisotopic (exact) mass is 453 g/mol. The molecular formula is C17H17Br2N3O2. The number of halogens is 2. The Morgan fingerprint density at radius 2 is 2.04 bits per heavy atom. The molecule has 0 bridgehead atoms. The Kier molecular flexibility index (Phi) is 6.39. The molecule has 0 unspecified atom stereocenters. The Bertz CT molecular complexity index is 768. The van der Waals surface area contributed by atoms with Gasteiger partial charge in [-0.15, -0.1) is 0 Å². The van der Waals surface area contributed by atoms with Gasteiger partial charge in [-0.3, -0.25) is 4.79 Å². The Morgan fingerprint density at radius 1 is 1.29 bits per heavy atom. The molecule has 0 saturated carbocycles. The van der Waals surface area contributed by atoms with Gasteiger partial charge in [0, 0.05) is 10.2 Å². The molecule has 0 aliphatic heterocycles. The molecule has 0 aliphatic rings. The zero-order chi connectivity index (χ0) is 17.7. The quantitative estimate of drug-likeness (QED) is 0.407. The molecule has 0 heterocycles. The highest BCUT2D eigenvalue weighted by atomic mass is 79.9. The number of nitrogens with zero attached hydrogens (tertiary/aromatic N) is 1. The summed E-state index contributed by atoms with van der Waals surface area (Å²) in [5.74, 6) is 0.289. The maximum atomic E-state index is 11.9. The van der Waals surface area contributed by atoms with E-state index in [0.29, 0.717) is 17.1 Å². The van der Waals surface area contributed by atoms with Gasteiger partial charge in [-0.2, -0.15) is 5.10 Å². The first-order valence-corrected chi connectivity index (χ1v) is 8.73. The van der Waals surface area contributed by atoms with Crippen LogP contribution < -0.4 is 15.9 Å². The van der Waals surface area contributed by atoms with Gasteiger partial charge in [-0.05, 0) is 65.2 Å². The molecule has 24 heavy (non-hydrogen) atoms. The molecule has 2 aromatic carbocycles. The van der Waals surface area contributed by atoms with Crippen molar-refractivity contribution in [2.75, 3.05) is 12.3 Å². The number of carbonyl (C=O) groups is 1. The molecule has 2 aromatic rings. The van der Waals surface area contributed by atoms with Crippen LogP contribution in [0, 0.1) is 6.92 Å². The lowest BCUT2D eigenvalue weighted by molar-refractivity contribution is -0.123. The highest BCUT2D eigenvalue weighted by molar-refractivity contribution is 9.11. The maximum Gasteiger partial charge on any atom is 0.277 e. The van der Waals surface area contributed by atoms with Crippen molar-refractivity contribution in [2.45, 2.75) is 13.8 Å². The van der Waals surface area contributed by atoms with Gasteiger partial charge < -0.3 is 10.5 Å². The fourth-order valence-corrected chi connectivity index (χ4v) is 3.57. The van der Waals surface area contributed by atoms with Crippen molar-refractivity contribution in [2.24, 2.45) is 5.10 Å². The van der Waals surface area contributed by atoms with Gasteiger partial charge in [0.2, 0.25) is 0 Å². The maximum absolute atomic E-state index is 11.9. The van der Waals surface area contributed by atoms with Gasteiger partial charge in [0.15, 0.2) is 6.61 Å². The third-order valence-corrected chi connectivity index (χ3v) is 4.24. The fourth-order valence-electron chi connectivity index (χ4n) is 2.02. The fraction of sp³-hybridized carbons (Fsp3) is 0.176. The second-order valence-electron chi connectivity index (χ2n) is 5.18. The molecule has 0 spiro atoms. The minimum atomic E-state index is -0.340. The molecule has 0 aromatic heterocycles. The largest absolute Gasteiger partial charge is 0.482 e. The molecule has 126 valence electrons. The summed E-state index contributed by atoms with van der Waals surface area (Å²) in [6, 6.07) is 11.1. The number of ether oxygens (including phenoxy) is 1. The van der Waals surface area contributed by atoms with E-state index in [0.717, 1.165) is 20.1 Å². The van der Waals surface area contributed by atoms with Crippen LogP contribution in [-0.4, -0.2) is 18.2 Å². The number of nitrogen functional groups attached to an aromatic ring is 1. The van der Waals surface area contributed by atoms with Crippen molar-refractivity contribution < 1.29 is 9.53 Å². The summed E-state index contributed by atoms with van der Waals surface area (Å²) in [6.07, 6.45) is 0. The summed E-state index contributed by atoms with van der Waals surface area (Å²) in [6.45, 7) is 3.57. The minimum Gasteiger partial charge on any atom is -0.482 e. The van der Waals surface area contributed by atoms with Crippen molar-refractivity contribution >= 4 is 49.2 Å². The molecule has 0 atom stereocenters. The van der Waals surface area contributed by atoms with Crippen LogP contribution in [0.15, 0.2) is 50.4 Å². The van der Waals surface area contributed by atoms with Gasteiger partial charge in [0.1, 0.15) is 5.75 Å². The summed E-state index contributed by atoms with van der Waals surface area (Å²) in [5.41, 5.74) is 11.3. The van der Waals surface area contributed by atoms with Crippen LogP contribution in [-0.2, 0) is 4.79 Å². The highest BCUT2D eigenvalue weighted by Crippen LogP contribution is 2.32. The zero-order valence-corrected chi connectivity index (χ0v) is 16.4. The normalized spacial score (nSPS) is 11.2. The number of rotatable bonds is 5. The number of nitrogens with one attached hydrogen (secondary N) is 1. The number of nitrogens with two attached hydrogens (primary N) is 1. The Labute approximate surface area is 157 Å². The topological polar surface area (TPSA) is 76.7 Å². The van der Waals surface area contributed by atoms with Crippen LogP contribution in [0.3, 0.4) is 0 Å². The van der Waals surface area contributed by atoms with Crippen LogP contribution in [0.2, 0.25) is 0 Å². The molecule has 0 aliphatic carbocycles. The lowest BCUT2D eigenvalue weighted by atomic mass is 10.1. The molecule has 3 N–H and O–H groups in total. The van der Waals surface area contributed by atoms with Crippen molar-refractivity contribution in [3.8, 4) is 5.75 Å². The predicted octanol–water partition coefficient (Wildman–Crippen LogP) is 4.02. The number of anilines is 1. The molecule has 0 saturated heterocycles. The first kappa shape index (κ1) is 18.5. The van der Waals surface area contributed by atoms with Gasteiger partial charge in [0.25, 0.3) is 5.91 Å². The van der Waals surface area contributed by atoms with E-state index in [9.17, 15) is 4.79 Å². The molecule has 2 rings (SSSR count). The van der Waals surface area contributed by atoms with Crippen LogP contribution >= 0.6 is 31.9 Å². The molecule has 0 radical (unpaired) electrons. The summed E-state index contributed by atoms with van der Waals surface area (Å²) < 4.78 is 7.29. The molecule has 0 fully saturated rings. The van der Waals surface area contributed by atoms with Crippen LogP contribution in [0.4, 0.5) is 5.69 Å². The lowest BCUT2D eigenvalue weighted by Crippen LogP contribution is -2.25. The van der Waals surface area contributed by atoms with Crippen molar-refractivity contribution in [1.82, 2.24) is 5.43 Å². The number of hydrogen-bond donors (Lipinski definition) is 2. The third-order valence-electron chi connectivity index (χ3n) is 3.19. The summed E-state index contributed by atoms with van der Waals surface area (Å²) in [4.78, 5) is 11.9. The number of carbonyl (C=O) groups excluding carboxylic acids is 1. The third kappa shape index (κ3) is 5.07. The minimum absolute atomic E-state index is 0.130. The predicted molar refractivity (Wildman–Crippen MR) is 103 cm³/mol. The zero-order valence-electron chi connectivity index (χ0n) is 13.3. The average Bonchev–Trinajstić information content (AvgIpc) is 2.51. The summed E-state index contributed by atoms with van der Waals surface area (Å²) >= 11 is 6.83. The van der Waals surface area contributed by atoms with E-state index in [-0.39, 0.29) is 12.5 Å². The van der Waals surface area contributed by atoms with E-state index in [2.05, 4.69) is 42.4 Å². The standard InChI is InChI=1S/C17H17Br2N3O2/c1-10-6-13(18)8-15(19)17(10)24-9-16(23)22-21-11(2)12-4-3-5-14(20)7-12/h3-8H,9,20H2,1-2H3,(H,22,23)/b21-11-. The van der Waals surface area contributed by atoms with Crippen molar-refractivity contribution in [1.29, 1.82) is 0 Å². The van der Waals surface area contributed by atoms with Crippen LogP contribution in [0.1, 0.15) is 18.1 Å². The van der Waals surface area contributed by atoms with E-state index >= 15 is 0 Å². The number of benzene rings is 2. The number of aryl methyl sites for hydroxylation is 1. The highest BCUT2D eigenvalue weighted by Gasteiger charge is 2.09. The Hall–Kier alpha value is -1.86. The summed E-state index contributed by atoms with van der Waals surface area (Å²) in [5, 5.41) is 4.07. The van der Waals surface area contributed by atoms with Crippen molar-refractivity contribution in [3.05, 3.63) is 56.5 Å². The second kappa shape index (κ2) is 8.30. The van der Waals surface area contributed by atoms with Gasteiger partial charge >= 0.3 is 0 Å².